The quantitative estimate of drug-likeness (QED) is 0.305. The molecule has 0 atom stereocenters. The van der Waals surface area contributed by atoms with Gasteiger partial charge < -0.3 is 10.6 Å². The Morgan fingerprint density at radius 3 is 2.30 bits per heavy atom. The van der Waals surface area contributed by atoms with Crippen LogP contribution in [-0.2, 0) is 17.9 Å². The van der Waals surface area contributed by atoms with Crippen molar-refractivity contribution in [2.75, 3.05) is 5.32 Å². The highest BCUT2D eigenvalue weighted by Gasteiger charge is 2.14. The summed E-state index contributed by atoms with van der Waals surface area (Å²) >= 11 is 0. The fraction of sp³-hybridized carbons (Fsp3) is 0.120. The van der Waals surface area contributed by atoms with Crippen LogP contribution in [0.25, 0.3) is 16.9 Å². The monoisotopic (exact) mass is 441 g/mol. The van der Waals surface area contributed by atoms with Crippen LogP contribution in [0.2, 0.25) is 0 Å². The van der Waals surface area contributed by atoms with E-state index in [9.17, 15) is 14.9 Å². The third kappa shape index (κ3) is 5.50. The summed E-state index contributed by atoms with van der Waals surface area (Å²) in [4.78, 5) is 21.8. The molecule has 1 aromatic heterocycles. The minimum atomic E-state index is -0.411. The van der Waals surface area contributed by atoms with Gasteiger partial charge >= 0.3 is 0 Å². The minimum Gasteiger partial charge on any atom is -0.326 e. The Hall–Kier alpha value is -4.30. The number of carbonyl (C=O) groups is 1. The first-order chi connectivity index (χ1) is 16.0. The van der Waals surface area contributed by atoms with Gasteiger partial charge in [0.15, 0.2) is 0 Å². The zero-order chi connectivity index (χ0) is 23.2. The number of nitro groups is 1. The van der Waals surface area contributed by atoms with Gasteiger partial charge in [0, 0.05) is 55.2 Å². The van der Waals surface area contributed by atoms with E-state index in [0.717, 1.165) is 33.8 Å². The molecule has 166 valence electrons. The van der Waals surface area contributed by atoms with Gasteiger partial charge in [0.05, 0.1) is 16.3 Å². The standard InChI is InChI=1S/C25H23N5O3/c1-18(31)27-22-11-7-19(8-12-22)15-26-16-21-17-29(23-5-3-2-4-6-23)28-25(21)20-9-13-24(14-10-20)30(32)33/h2-14,17,26H,15-16H2,1H3,(H,27,31). The molecule has 1 amide bonds. The molecule has 0 aliphatic heterocycles. The summed E-state index contributed by atoms with van der Waals surface area (Å²) < 4.78 is 1.82. The van der Waals surface area contributed by atoms with Gasteiger partial charge in [-0.05, 0) is 42.0 Å². The molecule has 1 heterocycles. The molecule has 0 spiro atoms. The van der Waals surface area contributed by atoms with E-state index >= 15 is 0 Å². The molecule has 0 saturated heterocycles. The van der Waals surface area contributed by atoms with Crippen molar-refractivity contribution in [3.8, 4) is 16.9 Å². The number of para-hydroxylation sites is 1. The number of amides is 1. The molecule has 0 fully saturated rings. The van der Waals surface area contributed by atoms with Crippen molar-refractivity contribution < 1.29 is 9.72 Å². The van der Waals surface area contributed by atoms with Crippen molar-refractivity contribution in [2.24, 2.45) is 0 Å². The molecule has 0 saturated carbocycles. The van der Waals surface area contributed by atoms with Gasteiger partial charge in [-0.3, -0.25) is 14.9 Å². The summed E-state index contributed by atoms with van der Waals surface area (Å²) in [7, 11) is 0. The number of nitro benzene ring substituents is 1. The fourth-order valence-electron chi connectivity index (χ4n) is 3.49. The first-order valence-electron chi connectivity index (χ1n) is 10.5. The number of anilines is 1. The average molecular weight is 441 g/mol. The van der Waals surface area contributed by atoms with E-state index in [1.165, 1.54) is 19.1 Å². The van der Waals surface area contributed by atoms with Crippen molar-refractivity contribution in [2.45, 2.75) is 20.0 Å². The van der Waals surface area contributed by atoms with E-state index in [4.69, 9.17) is 5.10 Å². The van der Waals surface area contributed by atoms with Crippen molar-refractivity contribution in [1.29, 1.82) is 0 Å². The summed E-state index contributed by atoms with van der Waals surface area (Å²) in [5.41, 5.74) is 5.37. The van der Waals surface area contributed by atoms with Crippen LogP contribution in [0, 0.1) is 10.1 Å². The molecule has 0 aliphatic rings. The van der Waals surface area contributed by atoms with Crippen molar-refractivity contribution in [3.63, 3.8) is 0 Å². The first-order valence-corrected chi connectivity index (χ1v) is 10.5. The number of rotatable bonds is 8. The van der Waals surface area contributed by atoms with Gasteiger partial charge in [-0.1, -0.05) is 30.3 Å². The number of hydrogen-bond donors (Lipinski definition) is 2. The third-order valence-corrected chi connectivity index (χ3v) is 5.08. The summed E-state index contributed by atoms with van der Waals surface area (Å²) in [5.74, 6) is -0.102. The second-order valence-corrected chi connectivity index (χ2v) is 7.57. The molecule has 4 aromatic rings. The lowest BCUT2D eigenvalue weighted by atomic mass is 10.1. The Kier molecular flexibility index (Phi) is 6.56. The summed E-state index contributed by atoms with van der Waals surface area (Å²) in [6.07, 6.45) is 1.97. The maximum Gasteiger partial charge on any atom is 0.269 e. The van der Waals surface area contributed by atoms with E-state index < -0.39 is 4.92 Å². The number of benzene rings is 3. The third-order valence-electron chi connectivity index (χ3n) is 5.08. The smallest absolute Gasteiger partial charge is 0.269 e. The van der Waals surface area contributed by atoms with E-state index in [2.05, 4.69) is 10.6 Å². The Bertz CT molecular complexity index is 1250. The van der Waals surface area contributed by atoms with Crippen molar-refractivity contribution in [3.05, 3.63) is 106 Å². The lowest BCUT2D eigenvalue weighted by Crippen LogP contribution is -2.13. The van der Waals surface area contributed by atoms with Crippen LogP contribution >= 0.6 is 0 Å². The molecular weight excluding hydrogens is 418 g/mol. The van der Waals surface area contributed by atoms with E-state index in [0.29, 0.717) is 13.1 Å². The van der Waals surface area contributed by atoms with Gasteiger partial charge in [-0.25, -0.2) is 4.68 Å². The molecule has 0 radical (unpaired) electrons. The molecule has 8 heteroatoms. The number of nitrogens with one attached hydrogen (secondary N) is 2. The van der Waals surface area contributed by atoms with Crippen LogP contribution < -0.4 is 10.6 Å². The minimum absolute atomic E-state index is 0.0450. The average Bonchev–Trinajstić information content (AvgIpc) is 3.25. The maximum absolute atomic E-state index is 11.2. The second kappa shape index (κ2) is 9.88. The zero-order valence-corrected chi connectivity index (χ0v) is 18.1. The largest absolute Gasteiger partial charge is 0.326 e. The Morgan fingerprint density at radius 2 is 1.67 bits per heavy atom. The van der Waals surface area contributed by atoms with Crippen LogP contribution in [0.15, 0.2) is 85.1 Å². The topological polar surface area (TPSA) is 102 Å². The molecule has 4 rings (SSSR count). The van der Waals surface area contributed by atoms with Crippen LogP contribution in [0.3, 0.4) is 0 Å². The fourth-order valence-corrected chi connectivity index (χ4v) is 3.49. The Labute approximate surface area is 191 Å². The zero-order valence-electron chi connectivity index (χ0n) is 18.1. The molecule has 0 unspecified atom stereocenters. The summed E-state index contributed by atoms with van der Waals surface area (Å²) in [6.45, 7) is 2.68. The Balaban J connectivity index is 1.54. The van der Waals surface area contributed by atoms with Crippen LogP contribution in [0.1, 0.15) is 18.1 Å². The van der Waals surface area contributed by atoms with E-state index in [1.807, 2.05) is 65.5 Å². The molecule has 2 N–H and O–H groups in total. The first kappa shape index (κ1) is 21.9. The number of carbonyl (C=O) groups excluding carboxylic acids is 1. The predicted octanol–water partition coefficient (Wildman–Crippen LogP) is 4.70. The predicted molar refractivity (Wildman–Crippen MR) is 127 cm³/mol. The molecule has 0 aliphatic carbocycles. The number of aromatic nitrogens is 2. The van der Waals surface area contributed by atoms with Crippen LogP contribution in [-0.4, -0.2) is 20.6 Å². The number of hydrogen-bond acceptors (Lipinski definition) is 5. The van der Waals surface area contributed by atoms with Gasteiger partial charge in [0.25, 0.3) is 5.69 Å². The lowest BCUT2D eigenvalue weighted by molar-refractivity contribution is -0.384. The molecule has 8 nitrogen and oxygen atoms in total. The number of non-ortho nitro benzene ring substituents is 1. The lowest BCUT2D eigenvalue weighted by Gasteiger charge is -2.07. The highest BCUT2D eigenvalue weighted by molar-refractivity contribution is 5.88. The van der Waals surface area contributed by atoms with E-state index in [-0.39, 0.29) is 11.6 Å². The van der Waals surface area contributed by atoms with Crippen molar-refractivity contribution >= 4 is 17.3 Å². The second-order valence-electron chi connectivity index (χ2n) is 7.57. The normalized spacial score (nSPS) is 10.7. The molecule has 0 bridgehead atoms. The number of nitrogens with zero attached hydrogens (tertiary/aromatic N) is 3. The van der Waals surface area contributed by atoms with Gasteiger partial charge in [0.2, 0.25) is 5.91 Å². The molecule has 3 aromatic carbocycles. The highest BCUT2D eigenvalue weighted by atomic mass is 16.6. The van der Waals surface area contributed by atoms with E-state index in [1.54, 1.807) is 12.1 Å². The molecule has 33 heavy (non-hydrogen) atoms. The van der Waals surface area contributed by atoms with Crippen LogP contribution in [0.5, 0.6) is 0 Å². The highest BCUT2D eigenvalue weighted by Crippen LogP contribution is 2.26. The van der Waals surface area contributed by atoms with Gasteiger partial charge in [-0.15, -0.1) is 0 Å². The Morgan fingerprint density at radius 1 is 0.970 bits per heavy atom. The summed E-state index contributed by atoms with van der Waals surface area (Å²) in [5, 5.41) is 22.0. The van der Waals surface area contributed by atoms with Gasteiger partial charge in [0.1, 0.15) is 0 Å². The summed E-state index contributed by atoms with van der Waals surface area (Å²) in [6, 6.07) is 23.9. The van der Waals surface area contributed by atoms with Crippen molar-refractivity contribution in [1.82, 2.24) is 15.1 Å². The SMILES string of the molecule is CC(=O)Nc1ccc(CNCc2cn(-c3ccccc3)nc2-c2ccc([N+](=O)[O-])cc2)cc1. The molecular formula is C25H23N5O3. The van der Waals surface area contributed by atoms with Crippen LogP contribution in [0.4, 0.5) is 11.4 Å². The maximum atomic E-state index is 11.2. The van der Waals surface area contributed by atoms with Gasteiger partial charge in [-0.2, -0.15) is 5.10 Å².